The molecule has 0 radical (unpaired) electrons. The molecule has 0 spiro atoms. The highest BCUT2D eigenvalue weighted by Crippen LogP contribution is 2.26. The zero-order chi connectivity index (χ0) is 14.1. The minimum Gasteiger partial charge on any atom is -0.362 e. The van der Waals surface area contributed by atoms with Crippen molar-refractivity contribution in [2.24, 2.45) is 0 Å². The predicted octanol–water partition coefficient (Wildman–Crippen LogP) is 1.98. The summed E-state index contributed by atoms with van der Waals surface area (Å²) in [6, 6.07) is 7.33. The number of nitrogens with zero attached hydrogens (tertiary/aromatic N) is 4. The number of carbonyl (C=O) groups excluding carboxylic acids is 1. The molecule has 2 heterocycles. The number of Topliss-reactive ketones (excluding diaryl/α,β-unsaturated/α-hetero) is 1. The van der Waals surface area contributed by atoms with Gasteiger partial charge in [0.05, 0.1) is 18.2 Å². The van der Waals surface area contributed by atoms with E-state index in [1.54, 1.807) is 31.3 Å². The number of ketones is 1. The molecule has 5 nitrogen and oxygen atoms in total. The van der Waals surface area contributed by atoms with Crippen LogP contribution in [0.5, 0.6) is 0 Å². The van der Waals surface area contributed by atoms with E-state index in [2.05, 4.69) is 20.5 Å². The van der Waals surface area contributed by atoms with Gasteiger partial charge in [-0.3, -0.25) is 4.79 Å². The van der Waals surface area contributed by atoms with Crippen molar-refractivity contribution in [1.29, 1.82) is 5.26 Å². The number of imidazole rings is 1. The van der Waals surface area contributed by atoms with Crippen LogP contribution in [0.4, 0.5) is 5.69 Å². The molecule has 0 N–H and O–H groups in total. The standard InChI is InChI=1S/C15H14N4O/c1-11(20)13-3-2-12(9-16)8-14(13)19-7-6-18-5-4-17-15(18)10-19/h2-5,8H,6-7,10H2,1H3. The Balaban J connectivity index is 2.02. The molecular formula is C15H14N4O. The molecule has 1 aromatic carbocycles. The van der Waals surface area contributed by atoms with E-state index in [1.807, 2.05) is 6.20 Å². The first-order chi connectivity index (χ1) is 9.69. The Kier molecular flexibility index (Phi) is 2.99. The average Bonchev–Trinajstić information content (AvgIpc) is 2.93. The summed E-state index contributed by atoms with van der Waals surface area (Å²) in [5.41, 5.74) is 2.05. The van der Waals surface area contributed by atoms with Crippen LogP contribution < -0.4 is 4.90 Å². The Morgan fingerprint density at radius 2 is 2.25 bits per heavy atom. The van der Waals surface area contributed by atoms with Gasteiger partial charge in [-0.05, 0) is 25.1 Å². The van der Waals surface area contributed by atoms with Crippen LogP contribution in [0.25, 0.3) is 0 Å². The number of hydrogen-bond acceptors (Lipinski definition) is 4. The van der Waals surface area contributed by atoms with Gasteiger partial charge in [-0.15, -0.1) is 0 Å². The Bertz CT molecular complexity index is 711. The summed E-state index contributed by atoms with van der Waals surface area (Å²) in [6.45, 7) is 3.85. The van der Waals surface area contributed by atoms with E-state index in [4.69, 9.17) is 5.26 Å². The topological polar surface area (TPSA) is 61.9 Å². The fraction of sp³-hybridized carbons (Fsp3) is 0.267. The number of benzene rings is 1. The Morgan fingerprint density at radius 1 is 1.40 bits per heavy atom. The quantitative estimate of drug-likeness (QED) is 0.780. The van der Waals surface area contributed by atoms with Crippen molar-refractivity contribution in [1.82, 2.24) is 9.55 Å². The molecule has 1 aliphatic rings. The first-order valence-electron chi connectivity index (χ1n) is 6.49. The highest BCUT2D eigenvalue weighted by atomic mass is 16.1. The summed E-state index contributed by atoms with van der Waals surface area (Å²) in [5, 5.41) is 9.04. The molecule has 1 aliphatic heterocycles. The van der Waals surface area contributed by atoms with Crippen LogP contribution in [-0.2, 0) is 13.1 Å². The number of fused-ring (bicyclic) bond motifs is 1. The summed E-state index contributed by atoms with van der Waals surface area (Å²) in [5.74, 6) is 0.992. The van der Waals surface area contributed by atoms with Gasteiger partial charge in [0, 0.05) is 36.7 Å². The number of hydrogen-bond donors (Lipinski definition) is 0. The SMILES string of the molecule is CC(=O)c1ccc(C#N)cc1N1CCn2ccnc2C1. The average molecular weight is 266 g/mol. The van der Waals surface area contributed by atoms with Crippen molar-refractivity contribution in [3.05, 3.63) is 47.5 Å². The first-order valence-corrected chi connectivity index (χ1v) is 6.49. The highest BCUT2D eigenvalue weighted by Gasteiger charge is 2.20. The molecule has 2 aromatic rings. The molecule has 20 heavy (non-hydrogen) atoms. The van der Waals surface area contributed by atoms with E-state index < -0.39 is 0 Å². The molecule has 0 unspecified atom stereocenters. The predicted molar refractivity (Wildman–Crippen MR) is 74.4 cm³/mol. The number of nitriles is 1. The van der Waals surface area contributed by atoms with Gasteiger partial charge in [0.1, 0.15) is 5.82 Å². The van der Waals surface area contributed by atoms with E-state index in [0.29, 0.717) is 17.7 Å². The molecule has 3 rings (SSSR count). The second-order valence-corrected chi connectivity index (χ2v) is 4.86. The van der Waals surface area contributed by atoms with E-state index in [9.17, 15) is 4.79 Å². The summed E-state index contributed by atoms with van der Waals surface area (Å²) in [4.78, 5) is 18.2. The van der Waals surface area contributed by atoms with Crippen LogP contribution in [0, 0.1) is 11.3 Å². The number of anilines is 1. The lowest BCUT2D eigenvalue weighted by Crippen LogP contribution is -2.34. The normalized spacial score (nSPS) is 13.7. The summed E-state index contributed by atoms with van der Waals surface area (Å²) in [7, 11) is 0. The van der Waals surface area contributed by atoms with Crippen molar-refractivity contribution >= 4 is 11.5 Å². The number of carbonyl (C=O) groups is 1. The Hall–Kier alpha value is -2.61. The Labute approximate surface area is 117 Å². The lowest BCUT2D eigenvalue weighted by molar-refractivity contribution is 0.101. The van der Waals surface area contributed by atoms with Gasteiger partial charge < -0.3 is 9.47 Å². The fourth-order valence-corrected chi connectivity index (χ4v) is 2.54. The van der Waals surface area contributed by atoms with Crippen LogP contribution in [0.1, 0.15) is 28.7 Å². The van der Waals surface area contributed by atoms with Crippen molar-refractivity contribution in [3.63, 3.8) is 0 Å². The maximum atomic E-state index is 11.8. The lowest BCUT2D eigenvalue weighted by Gasteiger charge is -2.31. The molecule has 0 amide bonds. The number of aromatic nitrogens is 2. The lowest BCUT2D eigenvalue weighted by atomic mass is 10.0. The minimum atomic E-state index is 0.0124. The molecule has 0 fully saturated rings. The van der Waals surface area contributed by atoms with Crippen LogP contribution in [-0.4, -0.2) is 21.9 Å². The second kappa shape index (κ2) is 4.82. The van der Waals surface area contributed by atoms with Gasteiger partial charge in [0.15, 0.2) is 5.78 Å². The second-order valence-electron chi connectivity index (χ2n) is 4.86. The van der Waals surface area contributed by atoms with Gasteiger partial charge in [-0.1, -0.05) is 0 Å². The van der Waals surface area contributed by atoms with E-state index in [1.165, 1.54) is 0 Å². The first kappa shape index (κ1) is 12.4. The third-order valence-corrected chi connectivity index (χ3v) is 3.59. The van der Waals surface area contributed by atoms with E-state index in [-0.39, 0.29) is 5.78 Å². The van der Waals surface area contributed by atoms with Gasteiger partial charge in [0.2, 0.25) is 0 Å². The third kappa shape index (κ3) is 2.05. The van der Waals surface area contributed by atoms with Crippen molar-refractivity contribution in [2.75, 3.05) is 11.4 Å². The monoisotopic (exact) mass is 266 g/mol. The summed E-state index contributed by atoms with van der Waals surface area (Å²) < 4.78 is 2.11. The minimum absolute atomic E-state index is 0.0124. The van der Waals surface area contributed by atoms with Gasteiger partial charge in [-0.25, -0.2) is 4.98 Å². The fourth-order valence-electron chi connectivity index (χ4n) is 2.54. The Morgan fingerprint density at radius 3 is 3.00 bits per heavy atom. The smallest absolute Gasteiger partial charge is 0.161 e. The molecule has 5 heteroatoms. The molecule has 0 atom stereocenters. The summed E-state index contributed by atoms with van der Waals surface area (Å²) >= 11 is 0. The zero-order valence-corrected chi connectivity index (χ0v) is 11.2. The van der Waals surface area contributed by atoms with Crippen LogP contribution in [0.3, 0.4) is 0 Å². The molecule has 1 aromatic heterocycles. The molecule has 100 valence electrons. The van der Waals surface area contributed by atoms with Crippen molar-refractivity contribution in [2.45, 2.75) is 20.0 Å². The maximum absolute atomic E-state index is 11.8. The largest absolute Gasteiger partial charge is 0.362 e. The van der Waals surface area contributed by atoms with Crippen LogP contribution >= 0.6 is 0 Å². The van der Waals surface area contributed by atoms with Gasteiger partial charge in [0.25, 0.3) is 0 Å². The molecule has 0 saturated carbocycles. The maximum Gasteiger partial charge on any atom is 0.161 e. The van der Waals surface area contributed by atoms with E-state index >= 15 is 0 Å². The summed E-state index contributed by atoms with van der Waals surface area (Å²) in [6.07, 6.45) is 3.75. The number of rotatable bonds is 2. The third-order valence-electron chi connectivity index (χ3n) is 3.59. The molecule has 0 bridgehead atoms. The highest BCUT2D eigenvalue weighted by molar-refractivity contribution is 6.00. The van der Waals surface area contributed by atoms with E-state index in [0.717, 1.165) is 24.6 Å². The molecule has 0 aliphatic carbocycles. The van der Waals surface area contributed by atoms with Crippen LogP contribution in [0.2, 0.25) is 0 Å². The van der Waals surface area contributed by atoms with Gasteiger partial charge in [-0.2, -0.15) is 5.26 Å². The molecule has 0 saturated heterocycles. The van der Waals surface area contributed by atoms with Crippen molar-refractivity contribution < 1.29 is 4.79 Å². The van der Waals surface area contributed by atoms with Crippen molar-refractivity contribution in [3.8, 4) is 6.07 Å². The molecular weight excluding hydrogens is 252 g/mol. The van der Waals surface area contributed by atoms with Crippen LogP contribution in [0.15, 0.2) is 30.6 Å². The van der Waals surface area contributed by atoms with Gasteiger partial charge >= 0.3 is 0 Å². The zero-order valence-electron chi connectivity index (χ0n) is 11.2.